The molecule has 0 aromatic heterocycles. The zero-order chi connectivity index (χ0) is 11.8. The van der Waals surface area contributed by atoms with Gasteiger partial charge in [-0.3, -0.25) is 4.79 Å². The molecule has 0 saturated heterocycles. The number of benzene rings is 1. The van der Waals surface area contributed by atoms with Crippen LogP contribution in [0.3, 0.4) is 0 Å². The van der Waals surface area contributed by atoms with Crippen molar-refractivity contribution >= 4 is 28.4 Å². The minimum atomic E-state index is -4.57. The molecular weight excluding hydrogens is 327 g/mol. The highest BCUT2D eigenvalue weighted by atomic mass is 127. The van der Waals surface area contributed by atoms with Crippen molar-refractivity contribution in [1.82, 2.24) is 0 Å². The van der Waals surface area contributed by atoms with Gasteiger partial charge in [0.05, 0.1) is 11.1 Å². The van der Waals surface area contributed by atoms with Crippen LogP contribution in [0, 0.1) is 9.39 Å². The predicted molar refractivity (Wildman–Crippen MR) is 54.1 cm³/mol. The molecule has 0 unspecified atom stereocenters. The first-order valence-corrected chi connectivity index (χ1v) is 4.88. The molecule has 0 N–H and O–H groups in total. The van der Waals surface area contributed by atoms with Crippen molar-refractivity contribution in [3.05, 3.63) is 32.6 Å². The van der Waals surface area contributed by atoms with E-state index in [4.69, 9.17) is 0 Å². The summed E-state index contributed by atoms with van der Waals surface area (Å²) in [5.41, 5.74) is -1.53. The maximum absolute atomic E-state index is 13.1. The lowest BCUT2D eigenvalue weighted by Gasteiger charge is -2.10. The van der Waals surface area contributed by atoms with E-state index >= 15 is 0 Å². The van der Waals surface area contributed by atoms with E-state index in [0.717, 1.165) is 6.92 Å². The maximum atomic E-state index is 13.1. The van der Waals surface area contributed by atoms with E-state index < -0.39 is 28.9 Å². The van der Waals surface area contributed by atoms with E-state index in [1.807, 2.05) is 0 Å². The first kappa shape index (κ1) is 12.4. The van der Waals surface area contributed by atoms with E-state index in [2.05, 4.69) is 0 Å². The van der Waals surface area contributed by atoms with Gasteiger partial charge in [0, 0.05) is 3.57 Å². The normalized spacial score (nSPS) is 11.6. The van der Waals surface area contributed by atoms with Crippen molar-refractivity contribution in [2.45, 2.75) is 13.1 Å². The van der Waals surface area contributed by atoms with E-state index in [-0.39, 0.29) is 3.57 Å². The molecule has 0 amide bonds. The Morgan fingerprint density at radius 2 is 1.87 bits per heavy atom. The van der Waals surface area contributed by atoms with Gasteiger partial charge >= 0.3 is 6.18 Å². The highest BCUT2D eigenvalue weighted by Crippen LogP contribution is 2.34. The van der Waals surface area contributed by atoms with Crippen LogP contribution in [0.4, 0.5) is 17.6 Å². The number of Topliss-reactive ketones (excluding diaryl/α,β-unsaturated/α-hetero) is 1. The average Bonchev–Trinajstić information content (AvgIpc) is 2.00. The molecule has 1 rings (SSSR count). The van der Waals surface area contributed by atoms with Crippen molar-refractivity contribution in [2.75, 3.05) is 0 Å². The summed E-state index contributed by atoms with van der Waals surface area (Å²) in [6.07, 6.45) is -4.57. The molecule has 1 aromatic carbocycles. The third-order valence-corrected chi connectivity index (χ3v) is 2.63. The van der Waals surface area contributed by atoms with E-state index in [1.54, 1.807) is 0 Å². The smallest absolute Gasteiger partial charge is 0.294 e. The highest BCUT2D eigenvalue weighted by Gasteiger charge is 2.34. The maximum Gasteiger partial charge on any atom is 0.417 e. The summed E-state index contributed by atoms with van der Waals surface area (Å²) in [6, 6.07) is 1.25. The molecule has 0 radical (unpaired) electrons. The summed E-state index contributed by atoms with van der Waals surface area (Å²) in [6.45, 7) is 1.02. The Balaban J connectivity index is 3.43. The van der Waals surface area contributed by atoms with Crippen LogP contribution in [0.1, 0.15) is 22.8 Å². The predicted octanol–water partition coefficient (Wildman–Crippen LogP) is 3.65. The quantitative estimate of drug-likeness (QED) is 0.436. The van der Waals surface area contributed by atoms with Gasteiger partial charge in [-0.2, -0.15) is 13.2 Å². The van der Waals surface area contributed by atoms with Crippen LogP contribution in [0.25, 0.3) is 0 Å². The van der Waals surface area contributed by atoms with Crippen LogP contribution >= 0.6 is 22.6 Å². The number of hydrogen-bond acceptors (Lipinski definition) is 1. The Labute approximate surface area is 96.6 Å². The minimum Gasteiger partial charge on any atom is -0.294 e. The number of hydrogen-bond donors (Lipinski definition) is 0. The van der Waals surface area contributed by atoms with Gasteiger partial charge < -0.3 is 0 Å². The second kappa shape index (κ2) is 4.07. The summed E-state index contributed by atoms with van der Waals surface area (Å²) in [4.78, 5) is 10.8. The van der Waals surface area contributed by atoms with Crippen molar-refractivity contribution in [2.24, 2.45) is 0 Å². The molecule has 0 aliphatic heterocycles. The average molecular weight is 332 g/mol. The van der Waals surface area contributed by atoms with Gasteiger partial charge in [-0.05, 0) is 41.6 Å². The number of alkyl halides is 3. The topological polar surface area (TPSA) is 17.1 Å². The lowest BCUT2D eigenvalue weighted by Crippen LogP contribution is -2.10. The molecule has 82 valence electrons. The van der Waals surface area contributed by atoms with Crippen LogP contribution in [-0.2, 0) is 6.18 Å². The highest BCUT2D eigenvalue weighted by molar-refractivity contribution is 14.1. The third-order valence-electron chi connectivity index (χ3n) is 1.74. The van der Waals surface area contributed by atoms with Gasteiger partial charge in [0.15, 0.2) is 5.78 Å². The number of rotatable bonds is 1. The fraction of sp³-hybridized carbons (Fsp3) is 0.222. The Morgan fingerprint density at radius 3 is 2.27 bits per heavy atom. The Hall–Kier alpha value is -0.660. The lowest BCUT2D eigenvalue weighted by atomic mass is 10.1. The van der Waals surface area contributed by atoms with Crippen molar-refractivity contribution in [3.8, 4) is 0 Å². The summed E-state index contributed by atoms with van der Waals surface area (Å²) < 4.78 is 50.0. The second-order valence-corrected chi connectivity index (χ2v) is 4.03. The molecule has 0 fully saturated rings. The van der Waals surface area contributed by atoms with E-state index in [9.17, 15) is 22.4 Å². The summed E-state index contributed by atoms with van der Waals surface area (Å²) >= 11 is 1.38. The van der Waals surface area contributed by atoms with Crippen LogP contribution in [-0.4, -0.2) is 5.78 Å². The molecule has 0 aliphatic rings. The zero-order valence-corrected chi connectivity index (χ0v) is 9.61. The van der Waals surface area contributed by atoms with Gasteiger partial charge in [0.2, 0.25) is 0 Å². The molecule has 0 bridgehead atoms. The van der Waals surface area contributed by atoms with Gasteiger partial charge in [0.1, 0.15) is 5.82 Å². The summed E-state index contributed by atoms with van der Waals surface area (Å²) in [5, 5.41) is 0. The van der Waals surface area contributed by atoms with Crippen molar-refractivity contribution < 1.29 is 22.4 Å². The van der Waals surface area contributed by atoms with Gasteiger partial charge in [-0.25, -0.2) is 4.39 Å². The summed E-state index contributed by atoms with van der Waals surface area (Å²) in [7, 11) is 0. The first-order chi connectivity index (χ1) is 6.73. The van der Waals surface area contributed by atoms with Crippen LogP contribution in [0.15, 0.2) is 12.1 Å². The van der Waals surface area contributed by atoms with Crippen molar-refractivity contribution in [1.29, 1.82) is 0 Å². The van der Waals surface area contributed by atoms with Crippen LogP contribution < -0.4 is 0 Å². The van der Waals surface area contributed by atoms with Crippen LogP contribution in [0.5, 0.6) is 0 Å². The molecule has 0 atom stereocenters. The molecule has 0 saturated carbocycles. The number of ketones is 1. The van der Waals surface area contributed by atoms with E-state index in [0.29, 0.717) is 12.1 Å². The zero-order valence-electron chi connectivity index (χ0n) is 7.45. The lowest BCUT2D eigenvalue weighted by molar-refractivity contribution is -0.138. The SMILES string of the molecule is CC(=O)c1cc(C(F)(F)F)c(I)cc1F. The second-order valence-electron chi connectivity index (χ2n) is 2.87. The molecular formula is C9H5F4IO. The molecule has 6 heteroatoms. The van der Waals surface area contributed by atoms with E-state index in [1.165, 1.54) is 22.6 Å². The van der Waals surface area contributed by atoms with Crippen LogP contribution in [0.2, 0.25) is 0 Å². The largest absolute Gasteiger partial charge is 0.417 e. The number of halogens is 5. The van der Waals surface area contributed by atoms with Gasteiger partial charge in [-0.1, -0.05) is 0 Å². The van der Waals surface area contributed by atoms with Gasteiger partial charge in [-0.15, -0.1) is 0 Å². The first-order valence-electron chi connectivity index (χ1n) is 3.80. The number of carbonyl (C=O) groups is 1. The Kier molecular flexibility index (Phi) is 3.37. The molecule has 15 heavy (non-hydrogen) atoms. The fourth-order valence-corrected chi connectivity index (χ4v) is 1.77. The molecule has 1 nitrogen and oxygen atoms in total. The fourth-order valence-electron chi connectivity index (χ4n) is 1.04. The monoisotopic (exact) mass is 332 g/mol. The molecule has 0 heterocycles. The molecule has 1 aromatic rings. The number of carbonyl (C=O) groups excluding carboxylic acids is 1. The van der Waals surface area contributed by atoms with Gasteiger partial charge in [0.25, 0.3) is 0 Å². The third kappa shape index (κ3) is 2.67. The van der Waals surface area contributed by atoms with Crippen molar-refractivity contribution in [3.63, 3.8) is 0 Å². The minimum absolute atomic E-state index is 0.261. The Bertz CT molecular complexity index is 411. The standard InChI is InChI=1S/C9H5F4IO/c1-4(15)5-2-6(9(11,12)13)8(14)3-7(5)10/h2-3H,1H3. The summed E-state index contributed by atoms with van der Waals surface area (Å²) in [5.74, 6) is -1.66. The Morgan fingerprint density at radius 1 is 1.33 bits per heavy atom. The molecule has 0 spiro atoms. The molecule has 0 aliphatic carbocycles.